The Morgan fingerprint density at radius 1 is 1.33 bits per heavy atom. The predicted octanol–water partition coefficient (Wildman–Crippen LogP) is 3.05. The molecule has 5 heteroatoms. The van der Waals surface area contributed by atoms with E-state index >= 15 is 0 Å². The Balaban J connectivity index is 2.14. The molecule has 0 unspecified atom stereocenters. The lowest BCUT2D eigenvalue weighted by atomic mass is 10.2. The lowest BCUT2D eigenvalue weighted by molar-refractivity contribution is 0.689. The van der Waals surface area contributed by atoms with Crippen LogP contribution >= 0.6 is 24.0 Å². The maximum absolute atomic E-state index is 5.49. The second-order valence-corrected chi connectivity index (χ2v) is 5.56. The minimum absolute atomic E-state index is 0.343. The van der Waals surface area contributed by atoms with Crippen LogP contribution in [0.25, 0.3) is 0 Å². The largest absolute Gasteiger partial charge is 0.388 e. The molecule has 1 aromatic rings. The summed E-state index contributed by atoms with van der Waals surface area (Å²) in [6, 6.07) is 3.82. The molecule has 0 aliphatic rings. The van der Waals surface area contributed by atoms with E-state index in [9.17, 15) is 0 Å². The summed E-state index contributed by atoms with van der Waals surface area (Å²) in [5, 5.41) is 3.35. The average molecular weight is 283 g/mol. The number of pyridine rings is 1. The molecule has 100 valence electrons. The highest BCUT2D eigenvalue weighted by atomic mass is 32.2. The molecule has 0 saturated carbocycles. The van der Waals surface area contributed by atoms with E-state index in [0.717, 1.165) is 12.2 Å². The van der Waals surface area contributed by atoms with Crippen LogP contribution in [0.5, 0.6) is 0 Å². The van der Waals surface area contributed by atoms with Crippen molar-refractivity contribution in [2.75, 3.05) is 23.9 Å². The van der Waals surface area contributed by atoms with Gasteiger partial charge in [0.15, 0.2) is 0 Å². The Kier molecular flexibility index (Phi) is 7.76. The summed E-state index contributed by atoms with van der Waals surface area (Å²) in [7, 11) is 0. The molecule has 0 fully saturated rings. The first kappa shape index (κ1) is 15.2. The van der Waals surface area contributed by atoms with Gasteiger partial charge in [-0.2, -0.15) is 11.8 Å². The van der Waals surface area contributed by atoms with Crippen molar-refractivity contribution >= 4 is 34.7 Å². The van der Waals surface area contributed by atoms with Crippen LogP contribution in [-0.2, 0) is 0 Å². The second-order valence-electron chi connectivity index (χ2n) is 4.13. The molecule has 0 aliphatic heterocycles. The number of thioether (sulfide) groups is 1. The molecular weight excluding hydrogens is 262 g/mol. The van der Waals surface area contributed by atoms with Gasteiger partial charge in [0.25, 0.3) is 0 Å². The zero-order valence-corrected chi connectivity index (χ0v) is 12.4. The third-order valence-electron chi connectivity index (χ3n) is 2.62. The number of nitrogens with one attached hydrogen (secondary N) is 1. The van der Waals surface area contributed by atoms with E-state index in [2.05, 4.69) is 16.6 Å². The number of hydrogen-bond acceptors (Lipinski definition) is 4. The minimum Gasteiger partial charge on any atom is -0.388 e. The Bertz CT molecular complexity index is 352. The van der Waals surface area contributed by atoms with Crippen molar-refractivity contribution in [3.8, 4) is 0 Å². The fourth-order valence-electron chi connectivity index (χ4n) is 1.60. The molecule has 0 radical (unpaired) electrons. The molecular formula is C13H21N3S2. The van der Waals surface area contributed by atoms with E-state index in [1.807, 2.05) is 23.9 Å². The fraction of sp³-hybridized carbons (Fsp3) is 0.538. The van der Waals surface area contributed by atoms with Gasteiger partial charge in [-0.1, -0.05) is 25.1 Å². The van der Waals surface area contributed by atoms with Crippen LogP contribution < -0.4 is 11.1 Å². The average Bonchev–Trinajstić information content (AvgIpc) is 2.38. The first-order valence-corrected chi connectivity index (χ1v) is 8.03. The molecule has 0 saturated heterocycles. The van der Waals surface area contributed by atoms with E-state index < -0.39 is 0 Å². The highest BCUT2D eigenvalue weighted by Crippen LogP contribution is 2.08. The molecule has 0 atom stereocenters. The smallest absolute Gasteiger partial charge is 0.122 e. The monoisotopic (exact) mass is 283 g/mol. The van der Waals surface area contributed by atoms with Gasteiger partial charge in [-0.05, 0) is 37.0 Å². The highest BCUT2D eigenvalue weighted by Gasteiger charge is 1.97. The quantitative estimate of drug-likeness (QED) is 0.539. The number of nitrogens with two attached hydrogens (primary N) is 1. The van der Waals surface area contributed by atoms with E-state index in [-0.39, 0.29) is 0 Å². The Morgan fingerprint density at radius 3 is 2.72 bits per heavy atom. The van der Waals surface area contributed by atoms with Crippen LogP contribution in [0.2, 0.25) is 0 Å². The van der Waals surface area contributed by atoms with E-state index in [0.29, 0.717) is 10.7 Å². The van der Waals surface area contributed by atoms with Gasteiger partial charge in [0.1, 0.15) is 4.99 Å². The molecule has 0 aromatic carbocycles. The number of unbranched alkanes of at least 4 members (excludes halogenated alkanes) is 3. The van der Waals surface area contributed by atoms with Crippen molar-refractivity contribution in [1.82, 2.24) is 4.98 Å². The molecule has 0 spiro atoms. The van der Waals surface area contributed by atoms with E-state index in [4.69, 9.17) is 18.0 Å². The van der Waals surface area contributed by atoms with Gasteiger partial charge in [-0.15, -0.1) is 0 Å². The minimum atomic E-state index is 0.343. The van der Waals surface area contributed by atoms with Crippen LogP contribution in [0, 0.1) is 0 Å². The molecule has 0 bridgehead atoms. The summed E-state index contributed by atoms with van der Waals surface area (Å²) < 4.78 is 0. The molecule has 1 heterocycles. The van der Waals surface area contributed by atoms with Crippen LogP contribution in [-0.4, -0.2) is 28.5 Å². The van der Waals surface area contributed by atoms with E-state index in [1.165, 1.54) is 31.4 Å². The van der Waals surface area contributed by atoms with Crippen LogP contribution in [0.1, 0.15) is 31.4 Å². The van der Waals surface area contributed by atoms with Crippen LogP contribution in [0.15, 0.2) is 18.3 Å². The predicted molar refractivity (Wildman–Crippen MR) is 85.5 cm³/mol. The first-order chi connectivity index (χ1) is 8.74. The normalized spacial score (nSPS) is 10.3. The molecule has 3 nitrogen and oxygen atoms in total. The van der Waals surface area contributed by atoms with Crippen molar-refractivity contribution in [3.05, 3.63) is 24.0 Å². The third-order valence-corrected chi connectivity index (χ3v) is 3.53. The van der Waals surface area contributed by atoms with Gasteiger partial charge < -0.3 is 11.1 Å². The van der Waals surface area contributed by atoms with Gasteiger partial charge in [0.05, 0.1) is 17.6 Å². The van der Waals surface area contributed by atoms with Crippen molar-refractivity contribution in [1.29, 1.82) is 0 Å². The van der Waals surface area contributed by atoms with Gasteiger partial charge >= 0.3 is 0 Å². The molecule has 1 aromatic heterocycles. The first-order valence-electron chi connectivity index (χ1n) is 6.22. The number of anilines is 1. The molecule has 0 amide bonds. The van der Waals surface area contributed by atoms with E-state index in [1.54, 1.807) is 6.20 Å². The number of hydrogen-bond donors (Lipinski definition) is 2. The zero-order valence-electron chi connectivity index (χ0n) is 10.8. The molecule has 3 N–H and O–H groups in total. The van der Waals surface area contributed by atoms with Crippen LogP contribution in [0.3, 0.4) is 0 Å². The van der Waals surface area contributed by atoms with Crippen LogP contribution in [0.4, 0.5) is 5.69 Å². The summed E-state index contributed by atoms with van der Waals surface area (Å²) >= 11 is 6.78. The number of nitrogens with zero attached hydrogens (tertiary/aromatic N) is 1. The summed E-state index contributed by atoms with van der Waals surface area (Å²) in [4.78, 5) is 4.53. The zero-order chi connectivity index (χ0) is 13.2. The summed E-state index contributed by atoms with van der Waals surface area (Å²) in [5.74, 6) is 1.28. The van der Waals surface area contributed by atoms with Crippen molar-refractivity contribution < 1.29 is 0 Å². The Labute approximate surface area is 119 Å². The number of aromatic nitrogens is 1. The SMILES string of the molecule is CSCCCCCCNc1ccc(C(N)=S)nc1. The number of thiocarbonyl (C=S) groups is 1. The summed E-state index contributed by atoms with van der Waals surface area (Å²) in [6.45, 7) is 0.993. The lowest BCUT2D eigenvalue weighted by Gasteiger charge is -2.06. The summed E-state index contributed by atoms with van der Waals surface area (Å²) in [5.41, 5.74) is 7.19. The van der Waals surface area contributed by atoms with Crippen molar-refractivity contribution in [2.24, 2.45) is 5.73 Å². The second kappa shape index (κ2) is 9.16. The highest BCUT2D eigenvalue weighted by molar-refractivity contribution is 7.98. The lowest BCUT2D eigenvalue weighted by Crippen LogP contribution is -2.11. The standard InChI is InChI=1S/C13H21N3S2/c1-18-9-5-3-2-4-8-15-11-6-7-12(13(14)17)16-10-11/h6-7,10,15H,2-5,8-9H2,1H3,(H2,14,17). The van der Waals surface area contributed by atoms with Crippen molar-refractivity contribution in [2.45, 2.75) is 25.7 Å². The van der Waals surface area contributed by atoms with Gasteiger partial charge in [-0.25, -0.2) is 0 Å². The maximum Gasteiger partial charge on any atom is 0.122 e. The Hall–Kier alpha value is -0.810. The van der Waals surface area contributed by atoms with Gasteiger partial charge in [0.2, 0.25) is 0 Å². The maximum atomic E-state index is 5.49. The van der Waals surface area contributed by atoms with Crippen molar-refractivity contribution in [3.63, 3.8) is 0 Å². The van der Waals surface area contributed by atoms with Gasteiger partial charge in [0, 0.05) is 6.54 Å². The topological polar surface area (TPSA) is 50.9 Å². The number of rotatable bonds is 9. The molecule has 1 rings (SSSR count). The third kappa shape index (κ3) is 6.21. The Morgan fingerprint density at radius 2 is 2.11 bits per heavy atom. The molecule has 18 heavy (non-hydrogen) atoms. The molecule has 0 aliphatic carbocycles. The van der Waals surface area contributed by atoms with Gasteiger partial charge in [-0.3, -0.25) is 4.98 Å². The fourth-order valence-corrected chi connectivity index (χ4v) is 2.22. The summed E-state index contributed by atoms with van der Waals surface area (Å²) in [6.07, 6.45) is 9.07.